The number of hydrogen-bond acceptors (Lipinski definition) is 7. The third kappa shape index (κ3) is 4.30. The molecule has 0 aliphatic carbocycles. The zero-order chi connectivity index (χ0) is 16.0. The lowest BCUT2D eigenvalue weighted by Crippen LogP contribution is -2.56. The van der Waals surface area contributed by atoms with E-state index in [9.17, 15) is 14.4 Å². The van der Waals surface area contributed by atoms with E-state index in [1.807, 2.05) is 0 Å². The van der Waals surface area contributed by atoms with Crippen molar-refractivity contribution in [3.05, 3.63) is 0 Å². The molecule has 0 aromatic carbocycles. The predicted molar refractivity (Wildman–Crippen MR) is 68.8 cm³/mol. The van der Waals surface area contributed by atoms with Crippen LogP contribution in [-0.2, 0) is 28.5 Å². The lowest BCUT2D eigenvalue weighted by Gasteiger charge is -2.29. The van der Waals surface area contributed by atoms with Gasteiger partial charge in [0.15, 0.2) is 12.2 Å². The molecule has 1 rings (SSSR count). The number of hydrogen-bond donors (Lipinski definition) is 1. The molecule has 0 aromatic rings. The molecule has 120 valence electrons. The van der Waals surface area contributed by atoms with Gasteiger partial charge in [-0.2, -0.15) is 0 Å². The van der Waals surface area contributed by atoms with Crippen molar-refractivity contribution in [3.63, 3.8) is 0 Å². The average molecular weight is 304 g/mol. The van der Waals surface area contributed by atoms with Gasteiger partial charge in [0.1, 0.15) is 6.79 Å². The zero-order valence-corrected chi connectivity index (χ0v) is 12.5. The zero-order valence-electron chi connectivity index (χ0n) is 12.5. The topological polar surface area (TPSA) is 103 Å². The smallest absolute Gasteiger partial charge is 0.425 e. The molecule has 1 aliphatic heterocycles. The van der Waals surface area contributed by atoms with E-state index >= 15 is 0 Å². The normalized spacial score (nSPS) is 21.0. The van der Waals surface area contributed by atoms with Gasteiger partial charge < -0.3 is 18.9 Å². The third-order valence-electron chi connectivity index (χ3n) is 2.68. The molecule has 9 nitrogen and oxygen atoms in total. The van der Waals surface area contributed by atoms with Crippen molar-refractivity contribution in [1.82, 2.24) is 10.4 Å². The van der Waals surface area contributed by atoms with E-state index in [1.165, 1.54) is 7.11 Å². The Morgan fingerprint density at radius 2 is 1.90 bits per heavy atom. The number of methoxy groups -OCH3 is 1. The van der Waals surface area contributed by atoms with Crippen LogP contribution in [0.3, 0.4) is 0 Å². The SMILES string of the molecule is CCOC(=O)[C@@H]1OCO[C@H]1C(=O)N(NC(=O)OC)C(C)C. The fourth-order valence-electron chi connectivity index (χ4n) is 1.70. The van der Waals surface area contributed by atoms with Crippen LogP contribution in [0.1, 0.15) is 20.8 Å². The Bertz CT molecular complexity index is 399. The molecule has 1 heterocycles. The van der Waals surface area contributed by atoms with Gasteiger partial charge in [-0.3, -0.25) is 4.79 Å². The van der Waals surface area contributed by atoms with Crippen LogP contribution in [0.2, 0.25) is 0 Å². The molecule has 9 heteroatoms. The molecule has 0 unspecified atom stereocenters. The summed E-state index contributed by atoms with van der Waals surface area (Å²) < 4.78 is 19.5. The lowest BCUT2D eigenvalue weighted by atomic mass is 10.1. The largest absolute Gasteiger partial charge is 0.464 e. The van der Waals surface area contributed by atoms with Crippen molar-refractivity contribution in [2.45, 2.75) is 39.0 Å². The Hall–Kier alpha value is -1.87. The van der Waals surface area contributed by atoms with Crippen LogP contribution in [-0.4, -0.2) is 61.7 Å². The summed E-state index contributed by atoms with van der Waals surface area (Å²) in [5.41, 5.74) is 2.27. The minimum absolute atomic E-state index is 0.161. The van der Waals surface area contributed by atoms with Gasteiger partial charge in [0.2, 0.25) is 0 Å². The highest BCUT2D eigenvalue weighted by molar-refractivity contribution is 5.90. The molecule has 2 atom stereocenters. The van der Waals surface area contributed by atoms with E-state index in [4.69, 9.17) is 14.2 Å². The summed E-state index contributed by atoms with van der Waals surface area (Å²) in [5, 5.41) is 1.03. The predicted octanol–water partition coefficient (Wildman–Crippen LogP) is -0.201. The van der Waals surface area contributed by atoms with Gasteiger partial charge in [-0.1, -0.05) is 0 Å². The highest BCUT2D eigenvalue weighted by atomic mass is 16.7. The van der Waals surface area contributed by atoms with E-state index in [-0.39, 0.29) is 19.4 Å². The molecular formula is C12H20N2O7. The Morgan fingerprint density at radius 3 is 2.43 bits per heavy atom. The van der Waals surface area contributed by atoms with Crippen molar-refractivity contribution in [1.29, 1.82) is 0 Å². The molecule has 1 aliphatic rings. The molecule has 2 amide bonds. The van der Waals surface area contributed by atoms with Gasteiger partial charge >= 0.3 is 12.1 Å². The summed E-state index contributed by atoms with van der Waals surface area (Å²) in [7, 11) is 1.18. The van der Waals surface area contributed by atoms with Crippen molar-refractivity contribution >= 4 is 18.0 Å². The Balaban J connectivity index is 2.82. The minimum Gasteiger partial charge on any atom is -0.464 e. The van der Waals surface area contributed by atoms with Gasteiger partial charge in [0, 0.05) is 6.04 Å². The first-order valence-electron chi connectivity index (χ1n) is 6.49. The van der Waals surface area contributed by atoms with E-state index in [0.29, 0.717) is 0 Å². The monoisotopic (exact) mass is 304 g/mol. The number of ether oxygens (including phenoxy) is 4. The number of carbonyl (C=O) groups excluding carboxylic acids is 3. The molecule has 0 spiro atoms. The molecule has 0 bridgehead atoms. The third-order valence-corrected chi connectivity index (χ3v) is 2.68. The molecule has 0 saturated carbocycles. The highest BCUT2D eigenvalue weighted by Gasteiger charge is 2.44. The molecule has 1 N–H and O–H groups in total. The van der Waals surface area contributed by atoms with Crippen LogP contribution in [0.5, 0.6) is 0 Å². The van der Waals surface area contributed by atoms with Crippen molar-refractivity contribution < 1.29 is 33.3 Å². The summed E-state index contributed by atoms with van der Waals surface area (Å²) in [4.78, 5) is 35.4. The second-order valence-corrected chi connectivity index (χ2v) is 4.45. The maximum atomic E-state index is 12.4. The van der Waals surface area contributed by atoms with Crippen LogP contribution in [0.4, 0.5) is 4.79 Å². The number of carbonyl (C=O) groups is 3. The lowest BCUT2D eigenvalue weighted by molar-refractivity contribution is -0.159. The highest BCUT2D eigenvalue weighted by Crippen LogP contribution is 2.17. The first kappa shape index (κ1) is 17.2. The fourth-order valence-corrected chi connectivity index (χ4v) is 1.70. The fraction of sp³-hybridized carbons (Fsp3) is 0.750. The number of hydrazine groups is 1. The van der Waals surface area contributed by atoms with Gasteiger partial charge in [-0.15, -0.1) is 0 Å². The quantitative estimate of drug-likeness (QED) is 0.566. The maximum Gasteiger partial charge on any atom is 0.425 e. The van der Waals surface area contributed by atoms with Crippen molar-refractivity contribution in [3.8, 4) is 0 Å². The standard InChI is InChI=1S/C12H20N2O7/c1-5-19-11(16)9-8(20-6-21-9)10(15)14(7(2)3)13-12(17)18-4/h7-9H,5-6H2,1-4H3,(H,13,17)/t8-,9-/m1/s1. The van der Waals surface area contributed by atoms with Crippen molar-refractivity contribution in [2.75, 3.05) is 20.5 Å². The number of nitrogens with zero attached hydrogens (tertiary/aromatic N) is 1. The second kappa shape index (κ2) is 7.79. The molecule has 21 heavy (non-hydrogen) atoms. The van der Waals surface area contributed by atoms with Crippen LogP contribution in [0, 0.1) is 0 Å². The number of rotatable bonds is 4. The van der Waals surface area contributed by atoms with Gasteiger partial charge in [-0.05, 0) is 20.8 Å². The first-order valence-corrected chi connectivity index (χ1v) is 6.49. The summed E-state index contributed by atoms with van der Waals surface area (Å²) in [6.07, 6.45) is -3.13. The Kier molecular flexibility index (Phi) is 6.38. The molecular weight excluding hydrogens is 284 g/mol. The van der Waals surface area contributed by atoms with Gasteiger partial charge in [0.05, 0.1) is 13.7 Å². The summed E-state index contributed by atoms with van der Waals surface area (Å²) >= 11 is 0. The van der Waals surface area contributed by atoms with E-state index < -0.39 is 30.2 Å². The van der Waals surface area contributed by atoms with E-state index in [1.54, 1.807) is 20.8 Å². The van der Waals surface area contributed by atoms with Crippen LogP contribution >= 0.6 is 0 Å². The Morgan fingerprint density at radius 1 is 1.29 bits per heavy atom. The Labute approximate surface area is 122 Å². The number of amides is 2. The molecule has 0 aromatic heterocycles. The van der Waals surface area contributed by atoms with Crippen LogP contribution < -0.4 is 5.43 Å². The number of esters is 1. The van der Waals surface area contributed by atoms with Crippen LogP contribution in [0.15, 0.2) is 0 Å². The summed E-state index contributed by atoms with van der Waals surface area (Å²) in [6.45, 7) is 4.97. The minimum atomic E-state index is -1.18. The van der Waals surface area contributed by atoms with Crippen molar-refractivity contribution in [2.24, 2.45) is 0 Å². The van der Waals surface area contributed by atoms with Gasteiger partial charge in [0.25, 0.3) is 5.91 Å². The summed E-state index contributed by atoms with van der Waals surface area (Å²) in [6, 6.07) is -0.372. The molecule has 0 radical (unpaired) electrons. The van der Waals surface area contributed by atoms with E-state index in [0.717, 1.165) is 5.01 Å². The second-order valence-electron chi connectivity index (χ2n) is 4.45. The van der Waals surface area contributed by atoms with Gasteiger partial charge in [-0.25, -0.2) is 20.0 Å². The first-order chi connectivity index (χ1) is 9.92. The van der Waals surface area contributed by atoms with Crippen LogP contribution in [0.25, 0.3) is 0 Å². The summed E-state index contributed by atoms with van der Waals surface area (Å²) in [5.74, 6) is -1.30. The maximum absolute atomic E-state index is 12.4. The molecule has 1 saturated heterocycles. The number of nitrogens with one attached hydrogen (secondary N) is 1. The molecule has 1 fully saturated rings. The average Bonchev–Trinajstić information content (AvgIpc) is 2.93. The van der Waals surface area contributed by atoms with E-state index in [2.05, 4.69) is 10.2 Å².